The lowest BCUT2D eigenvalue weighted by Crippen LogP contribution is -2.37. The van der Waals surface area contributed by atoms with Crippen LogP contribution in [0.15, 0.2) is 18.2 Å². The van der Waals surface area contributed by atoms with Crippen LogP contribution in [-0.2, 0) is 0 Å². The fraction of sp³-hybridized carbons (Fsp3) is 0.571. The van der Waals surface area contributed by atoms with Gasteiger partial charge in [-0.2, -0.15) is 0 Å². The first kappa shape index (κ1) is 13.2. The Morgan fingerprint density at radius 1 is 1.12 bits per heavy atom. The molecule has 0 heterocycles. The molecule has 0 fully saturated rings. The Morgan fingerprint density at radius 3 is 1.94 bits per heavy atom. The van der Waals surface area contributed by atoms with E-state index >= 15 is 0 Å². The van der Waals surface area contributed by atoms with E-state index in [-0.39, 0.29) is 11.5 Å². The molecule has 2 nitrogen and oxygen atoms in total. The number of hydrogen-bond acceptors (Lipinski definition) is 2. The Balaban J connectivity index is 3.10. The fourth-order valence-corrected chi connectivity index (χ4v) is 2.05. The van der Waals surface area contributed by atoms with Crippen LogP contribution < -0.4 is 5.73 Å². The van der Waals surface area contributed by atoms with Gasteiger partial charge >= 0.3 is 0 Å². The number of aliphatic hydroxyl groups excluding tert-OH is 1. The van der Waals surface area contributed by atoms with E-state index in [1.54, 1.807) is 0 Å². The molecule has 0 amide bonds. The second-order valence-corrected chi connectivity index (χ2v) is 5.64. The second kappa shape index (κ2) is 4.56. The first-order valence-electron chi connectivity index (χ1n) is 5.75. The molecule has 0 aliphatic heterocycles. The lowest BCUT2D eigenvalue weighted by molar-refractivity contribution is 0.0398. The van der Waals surface area contributed by atoms with Crippen molar-refractivity contribution in [1.82, 2.24) is 0 Å². The monoisotopic (exact) mass is 221 g/mol. The normalized spacial score (nSPS) is 15.9. The van der Waals surface area contributed by atoms with Gasteiger partial charge in [-0.25, -0.2) is 0 Å². The highest BCUT2D eigenvalue weighted by Crippen LogP contribution is 2.31. The summed E-state index contributed by atoms with van der Waals surface area (Å²) in [5.41, 5.74) is 9.35. The van der Waals surface area contributed by atoms with Gasteiger partial charge in [-0.1, -0.05) is 39.0 Å². The van der Waals surface area contributed by atoms with Gasteiger partial charge < -0.3 is 10.8 Å². The summed E-state index contributed by atoms with van der Waals surface area (Å²) in [5, 5.41) is 10.2. The van der Waals surface area contributed by atoms with Crippen LogP contribution in [0, 0.1) is 19.3 Å². The van der Waals surface area contributed by atoms with Crippen molar-refractivity contribution < 1.29 is 5.11 Å². The van der Waals surface area contributed by atoms with Crippen molar-refractivity contribution in [3.63, 3.8) is 0 Å². The van der Waals surface area contributed by atoms with E-state index in [4.69, 9.17) is 5.73 Å². The molecule has 0 saturated carbocycles. The summed E-state index contributed by atoms with van der Waals surface area (Å²) < 4.78 is 0. The first-order valence-corrected chi connectivity index (χ1v) is 5.75. The highest BCUT2D eigenvalue weighted by Gasteiger charge is 2.30. The summed E-state index contributed by atoms with van der Waals surface area (Å²) >= 11 is 0. The maximum Gasteiger partial charge on any atom is 0.0781 e. The van der Waals surface area contributed by atoms with Gasteiger partial charge in [-0.15, -0.1) is 0 Å². The van der Waals surface area contributed by atoms with Gasteiger partial charge in [0.15, 0.2) is 0 Å². The van der Waals surface area contributed by atoms with Gasteiger partial charge in [0.25, 0.3) is 0 Å². The Labute approximate surface area is 98.5 Å². The van der Waals surface area contributed by atoms with E-state index in [2.05, 4.69) is 0 Å². The summed E-state index contributed by atoms with van der Waals surface area (Å²) in [6.07, 6.45) is -0.535. The van der Waals surface area contributed by atoms with Gasteiger partial charge in [0.05, 0.1) is 12.1 Å². The SMILES string of the molecule is Cc1cccc(C)c1[C@H](N)[C@H](O)C(C)(C)C. The summed E-state index contributed by atoms with van der Waals surface area (Å²) in [7, 11) is 0. The topological polar surface area (TPSA) is 46.2 Å². The molecule has 1 rings (SSSR count). The molecule has 0 aromatic heterocycles. The molecule has 0 aliphatic carbocycles. The average Bonchev–Trinajstić information content (AvgIpc) is 2.14. The molecule has 0 radical (unpaired) electrons. The lowest BCUT2D eigenvalue weighted by Gasteiger charge is -2.32. The third kappa shape index (κ3) is 2.63. The van der Waals surface area contributed by atoms with E-state index in [9.17, 15) is 5.11 Å². The summed E-state index contributed by atoms with van der Waals surface area (Å²) in [6.45, 7) is 10.1. The van der Waals surface area contributed by atoms with Crippen molar-refractivity contribution in [3.8, 4) is 0 Å². The molecule has 0 aliphatic rings. The number of rotatable bonds is 2. The zero-order valence-electron chi connectivity index (χ0n) is 10.9. The highest BCUT2D eigenvalue weighted by molar-refractivity contribution is 5.36. The Kier molecular flexibility index (Phi) is 3.76. The minimum Gasteiger partial charge on any atom is -0.391 e. The van der Waals surface area contributed by atoms with Crippen LogP contribution >= 0.6 is 0 Å². The number of aryl methyl sites for hydroxylation is 2. The number of hydrogen-bond donors (Lipinski definition) is 2. The Morgan fingerprint density at radius 2 is 1.56 bits per heavy atom. The minimum atomic E-state index is -0.535. The van der Waals surface area contributed by atoms with Crippen molar-refractivity contribution >= 4 is 0 Å². The van der Waals surface area contributed by atoms with Gasteiger partial charge in [0, 0.05) is 0 Å². The molecule has 0 saturated heterocycles. The van der Waals surface area contributed by atoms with Gasteiger partial charge in [0.2, 0.25) is 0 Å². The van der Waals surface area contributed by atoms with Crippen molar-refractivity contribution in [2.75, 3.05) is 0 Å². The molecule has 1 aromatic carbocycles. The standard InChI is InChI=1S/C14H23NO/c1-9-7-6-8-10(2)11(9)12(15)13(16)14(3,4)5/h6-8,12-13,16H,15H2,1-5H3/t12-,13-/m0/s1. The first-order chi connectivity index (χ1) is 7.25. The molecule has 0 spiro atoms. The van der Waals surface area contributed by atoms with Gasteiger partial charge in [-0.3, -0.25) is 0 Å². The number of benzene rings is 1. The predicted molar refractivity (Wildman–Crippen MR) is 68.3 cm³/mol. The summed E-state index contributed by atoms with van der Waals surface area (Å²) in [5.74, 6) is 0. The summed E-state index contributed by atoms with van der Waals surface area (Å²) in [6, 6.07) is 5.78. The van der Waals surface area contributed by atoms with Crippen LogP contribution in [-0.4, -0.2) is 11.2 Å². The molecule has 0 bridgehead atoms. The zero-order chi connectivity index (χ0) is 12.5. The highest BCUT2D eigenvalue weighted by atomic mass is 16.3. The molecule has 1 aromatic rings. The number of aliphatic hydroxyl groups is 1. The molecule has 2 heteroatoms. The molecular formula is C14H23NO. The minimum absolute atomic E-state index is 0.200. The van der Waals surface area contributed by atoms with E-state index in [1.165, 1.54) is 0 Å². The Bertz CT molecular complexity index is 345. The molecule has 2 atom stereocenters. The van der Waals surface area contributed by atoms with Crippen molar-refractivity contribution in [2.45, 2.75) is 46.8 Å². The molecule has 90 valence electrons. The molecule has 3 N–H and O–H groups in total. The third-order valence-electron chi connectivity index (χ3n) is 3.10. The van der Waals surface area contributed by atoms with Crippen LogP contribution in [0.3, 0.4) is 0 Å². The van der Waals surface area contributed by atoms with Crippen molar-refractivity contribution in [3.05, 3.63) is 34.9 Å². The fourth-order valence-electron chi connectivity index (χ4n) is 2.05. The largest absolute Gasteiger partial charge is 0.391 e. The van der Waals surface area contributed by atoms with Gasteiger partial charge in [0.1, 0.15) is 0 Å². The third-order valence-corrected chi connectivity index (χ3v) is 3.10. The van der Waals surface area contributed by atoms with E-state index in [0.717, 1.165) is 16.7 Å². The molecule has 0 unspecified atom stereocenters. The van der Waals surface area contributed by atoms with Crippen LogP contribution in [0.1, 0.15) is 43.5 Å². The predicted octanol–water partition coefficient (Wildman–Crippen LogP) is 2.71. The Hall–Kier alpha value is -0.860. The van der Waals surface area contributed by atoms with Gasteiger partial charge in [-0.05, 0) is 36.0 Å². The quantitative estimate of drug-likeness (QED) is 0.806. The maximum absolute atomic E-state index is 10.2. The average molecular weight is 221 g/mol. The molecular weight excluding hydrogens is 198 g/mol. The molecule has 16 heavy (non-hydrogen) atoms. The van der Waals surface area contributed by atoms with Crippen LogP contribution in [0.4, 0.5) is 0 Å². The van der Waals surface area contributed by atoms with Crippen molar-refractivity contribution in [1.29, 1.82) is 0 Å². The second-order valence-electron chi connectivity index (χ2n) is 5.64. The maximum atomic E-state index is 10.2. The van der Waals surface area contributed by atoms with Crippen molar-refractivity contribution in [2.24, 2.45) is 11.1 Å². The zero-order valence-corrected chi connectivity index (χ0v) is 10.9. The van der Waals surface area contributed by atoms with Crippen LogP contribution in [0.5, 0.6) is 0 Å². The lowest BCUT2D eigenvalue weighted by atomic mass is 9.80. The number of nitrogens with two attached hydrogens (primary N) is 1. The van der Waals surface area contributed by atoms with E-state index in [1.807, 2.05) is 52.8 Å². The van der Waals surface area contributed by atoms with Crippen LogP contribution in [0.2, 0.25) is 0 Å². The summed E-state index contributed by atoms with van der Waals surface area (Å²) in [4.78, 5) is 0. The van der Waals surface area contributed by atoms with E-state index in [0.29, 0.717) is 0 Å². The van der Waals surface area contributed by atoms with Crippen LogP contribution in [0.25, 0.3) is 0 Å². The van der Waals surface area contributed by atoms with E-state index < -0.39 is 6.10 Å². The smallest absolute Gasteiger partial charge is 0.0781 e.